The van der Waals surface area contributed by atoms with Gasteiger partial charge in [-0.05, 0) is 30.3 Å². The maximum Gasteiger partial charge on any atom is 0.523 e. The van der Waals surface area contributed by atoms with Crippen LogP contribution in [0.3, 0.4) is 0 Å². The second-order valence-electron chi connectivity index (χ2n) is 8.19. The Morgan fingerprint density at radius 2 is 1.16 bits per heavy atom. The zero-order valence-corrected chi connectivity index (χ0v) is 22.0. The van der Waals surface area contributed by atoms with Crippen LogP contribution >= 0.6 is 0 Å². The molecule has 0 amide bonds. The second-order valence-corrected chi connectivity index (χ2v) is 11.2. The van der Waals surface area contributed by atoms with Crippen molar-refractivity contribution >= 4 is 53.4 Å². The van der Waals surface area contributed by atoms with Crippen LogP contribution in [0.25, 0.3) is 21.8 Å². The van der Waals surface area contributed by atoms with Gasteiger partial charge in [0.05, 0.1) is 0 Å². The SMILES string of the molecule is CN(C)c1ccc2cc3ccc(N(C)C)cc3[n+](CCOS(=O)(=O)C(F)(F)F)c2c1.O=S(=O)([O-])C(F)(F)F. The number of benzene rings is 2. The van der Waals surface area contributed by atoms with Crippen LogP contribution in [-0.4, -0.2) is 67.2 Å². The minimum Gasteiger partial charge on any atom is -0.741 e. The van der Waals surface area contributed by atoms with Gasteiger partial charge < -0.3 is 14.4 Å². The lowest BCUT2D eigenvalue weighted by Crippen LogP contribution is -2.39. The first-order valence-corrected chi connectivity index (χ1v) is 13.2. The van der Waals surface area contributed by atoms with E-state index in [1.165, 1.54) is 0 Å². The molecular weight excluding hydrogens is 568 g/mol. The molecule has 0 atom stereocenters. The van der Waals surface area contributed by atoms with Crippen molar-refractivity contribution in [3.8, 4) is 0 Å². The Labute approximate surface area is 214 Å². The maximum atomic E-state index is 12.6. The van der Waals surface area contributed by atoms with E-state index < -0.39 is 37.9 Å². The summed E-state index contributed by atoms with van der Waals surface area (Å²) in [6.07, 6.45) is 0. The summed E-state index contributed by atoms with van der Waals surface area (Å²) in [5.41, 5.74) is -7.76. The molecule has 1 heterocycles. The molecule has 212 valence electrons. The van der Waals surface area contributed by atoms with Gasteiger partial charge in [-0.1, -0.05) is 0 Å². The smallest absolute Gasteiger partial charge is 0.523 e. The molecule has 0 saturated carbocycles. The van der Waals surface area contributed by atoms with Crippen molar-refractivity contribution in [1.82, 2.24) is 0 Å². The zero-order valence-electron chi connectivity index (χ0n) is 20.3. The number of fused-ring (bicyclic) bond motifs is 2. The number of hydrogen-bond donors (Lipinski definition) is 0. The molecule has 3 rings (SSSR count). The van der Waals surface area contributed by atoms with Crippen LogP contribution in [0.2, 0.25) is 0 Å². The van der Waals surface area contributed by atoms with E-state index in [0.717, 1.165) is 33.2 Å². The van der Waals surface area contributed by atoms with Gasteiger partial charge in [0.1, 0.15) is 6.61 Å². The number of alkyl halides is 6. The Balaban J connectivity index is 0.000000550. The van der Waals surface area contributed by atoms with Gasteiger partial charge >= 0.3 is 21.1 Å². The van der Waals surface area contributed by atoms with Crippen LogP contribution in [0, 0.1) is 0 Å². The lowest BCUT2D eigenvalue weighted by molar-refractivity contribution is -0.646. The van der Waals surface area contributed by atoms with E-state index >= 15 is 0 Å². The molecule has 0 aliphatic rings. The number of aromatic nitrogens is 1. The second kappa shape index (κ2) is 11.1. The first kappa shape index (κ1) is 31.3. The van der Waals surface area contributed by atoms with Crippen molar-refractivity contribution in [3.05, 3.63) is 42.5 Å². The van der Waals surface area contributed by atoms with Gasteiger partial charge in [-0.3, -0.25) is 4.18 Å². The molecule has 3 aromatic rings. The molecule has 0 bridgehead atoms. The van der Waals surface area contributed by atoms with Crippen molar-refractivity contribution in [2.45, 2.75) is 17.6 Å². The van der Waals surface area contributed by atoms with Gasteiger partial charge in [0, 0.05) is 62.5 Å². The van der Waals surface area contributed by atoms with Crippen molar-refractivity contribution in [3.63, 3.8) is 0 Å². The van der Waals surface area contributed by atoms with Gasteiger partial charge in [-0.2, -0.15) is 39.3 Å². The Morgan fingerprint density at radius 1 is 0.763 bits per heavy atom. The van der Waals surface area contributed by atoms with Gasteiger partial charge in [-0.15, -0.1) is 0 Å². The molecule has 0 N–H and O–H groups in total. The monoisotopic (exact) mass is 591 g/mol. The molecule has 9 nitrogen and oxygen atoms in total. The quantitative estimate of drug-likeness (QED) is 0.107. The predicted octanol–water partition coefficient (Wildman–Crippen LogP) is 3.33. The van der Waals surface area contributed by atoms with E-state index in [4.69, 9.17) is 13.0 Å². The highest BCUT2D eigenvalue weighted by Crippen LogP contribution is 2.27. The van der Waals surface area contributed by atoms with Gasteiger partial charge in [0.15, 0.2) is 16.7 Å². The van der Waals surface area contributed by atoms with Crippen molar-refractivity contribution in [1.29, 1.82) is 0 Å². The normalized spacial score (nSPS) is 12.8. The average Bonchev–Trinajstić information content (AvgIpc) is 2.76. The van der Waals surface area contributed by atoms with E-state index in [-0.39, 0.29) is 6.54 Å². The predicted molar refractivity (Wildman–Crippen MR) is 127 cm³/mol. The largest absolute Gasteiger partial charge is 0.741 e. The van der Waals surface area contributed by atoms with Crippen LogP contribution in [0.1, 0.15) is 0 Å². The highest BCUT2D eigenvalue weighted by molar-refractivity contribution is 7.87. The maximum absolute atomic E-state index is 12.6. The average molecular weight is 592 g/mol. The van der Waals surface area contributed by atoms with Crippen molar-refractivity contribution < 1.29 is 56.5 Å². The van der Waals surface area contributed by atoms with Crippen LogP contribution in [0.5, 0.6) is 0 Å². The van der Waals surface area contributed by atoms with Crippen LogP contribution in [-0.2, 0) is 31.0 Å². The molecule has 0 saturated heterocycles. The van der Waals surface area contributed by atoms with Crippen molar-refractivity contribution in [2.75, 3.05) is 44.6 Å². The number of pyridine rings is 1. The summed E-state index contributed by atoms with van der Waals surface area (Å²) >= 11 is 0. The Bertz CT molecular complexity index is 1460. The fraction of sp³-hybridized carbons (Fsp3) is 0.381. The van der Waals surface area contributed by atoms with E-state index in [2.05, 4.69) is 4.18 Å². The number of halogens is 6. The van der Waals surface area contributed by atoms with Crippen LogP contribution in [0.4, 0.5) is 37.7 Å². The minimum atomic E-state index is -6.09. The summed E-state index contributed by atoms with van der Waals surface area (Å²) in [4.78, 5) is 3.82. The molecule has 2 aromatic carbocycles. The van der Waals surface area contributed by atoms with Gasteiger partial charge in [0.2, 0.25) is 11.0 Å². The summed E-state index contributed by atoms with van der Waals surface area (Å²) in [5.74, 6) is 0. The molecule has 0 radical (unpaired) electrons. The fourth-order valence-corrected chi connectivity index (χ4v) is 3.60. The lowest BCUT2D eigenvalue weighted by Gasteiger charge is -2.15. The highest BCUT2D eigenvalue weighted by atomic mass is 32.2. The molecule has 0 unspecified atom stereocenters. The third-order valence-corrected chi connectivity index (χ3v) is 6.68. The Kier molecular flexibility index (Phi) is 9.13. The Morgan fingerprint density at radius 3 is 1.47 bits per heavy atom. The molecule has 0 aliphatic carbocycles. The molecule has 0 fully saturated rings. The third kappa shape index (κ3) is 7.36. The van der Waals surface area contributed by atoms with E-state index in [0.29, 0.717) is 0 Å². The topological polar surface area (TPSA) is 111 Å². The highest BCUT2D eigenvalue weighted by Gasteiger charge is 2.47. The Hall–Kier alpha value is -2.89. The van der Waals surface area contributed by atoms with E-state index in [1.54, 1.807) is 4.57 Å². The molecular formula is C21H23F6N3O6S2. The summed E-state index contributed by atoms with van der Waals surface area (Å²) in [6.45, 7) is -0.712. The standard InChI is InChI=1S/C20H23F3N3O3S.CHF3O3S/c1-24(2)16-7-5-14-11-15-6-8-17(25(3)4)13-19(15)26(18(14)12-16)9-10-29-30(27,28)20(21,22)23;2-1(3,4)8(5,6)7/h5-8,11-13H,9-10H2,1-4H3;(H,5,6,7)/q+1;/p-1. The van der Waals surface area contributed by atoms with Crippen molar-refractivity contribution in [2.24, 2.45) is 0 Å². The minimum absolute atomic E-state index is 0.0725. The van der Waals surface area contributed by atoms with E-state index in [9.17, 15) is 34.8 Å². The molecule has 0 aliphatic heterocycles. The summed E-state index contributed by atoms with van der Waals surface area (Å²) in [6, 6.07) is 13.5. The first-order chi connectivity index (χ1) is 17.2. The summed E-state index contributed by atoms with van der Waals surface area (Å²) in [5, 5.41) is 1.76. The number of hydrogen-bond acceptors (Lipinski definition) is 8. The number of nitrogens with zero attached hydrogens (tertiary/aromatic N) is 3. The molecule has 17 heteroatoms. The molecule has 1 aromatic heterocycles. The first-order valence-electron chi connectivity index (χ1n) is 10.4. The molecule has 38 heavy (non-hydrogen) atoms. The molecule has 0 spiro atoms. The summed E-state index contributed by atoms with van der Waals surface area (Å²) < 4.78 is 125. The lowest BCUT2D eigenvalue weighted by atomic mass is 10.1. The van der Waals surface area contributed by atoms with Crippen LogP contribution in [0.15, 0.2) is 42.5 Å². The fourth-order valence-electron chi connectivity index (χ4n) is 3.18. The van der Waals surface area contributed by atoms with Crippen LogP contribution < -0.4 is 14.4 Å². The van der Waals surface area contributed by atoms with Gasteiger partial charge in [0.25, 0.3) is 0 Å². The van der Waals surface area contributed by atoms with E-state index in [1.807, 2.05) is 80.5 Å². The third-order valence-electron chi connectivity index (χ3n) is 5.07. The zero-order chi connectivity index (χ0) is 29.3. The number of rotatable bonds is 6. The summed E-state index contributed by atoms with van der Waals surface area (Å²) in [7, 11) is -4.20. The van der Waals surface area contributed by atoms with Gasteiger partial charge in [-0.25, -0.2) is 8.42 Å². The number of anilines is 2.